The van der Waals surface area contributed by atoms with Crippen molar-refractivity contribution in [1.82, 2.24) is 9.78 Å². The molecule has 4 rings (SSSR count). The Labute approximate surface area is 117 Å². The molecule has 0 amide bonds. The van der Waals surface area contributed by atoms with Gasteiger partial charge in [0.2, 0.25) is 0 Å². The van der Waals surface area contributed by atoms with Crippen LogP contribution < -0.4 is 0 Å². The molecule has 1 heterocycles. The van der Waals surface area contributed by atoms with Crippen molar-refractivity contribution in [3.63, 3.8) is 0 Å². The van der Waals surface area contributed by atoms with Gasteiger partial charge in [0.05, 0.1) is 5.69 Å². The number of nitrogens with zero attached hydrogens (tertiary/aromatic N) is 2. The van der Waals surface area contributed by atoms with Crippen LogP contribution in [0.3, 0.4) is 0 Å². The predicted octanol–water partition coefficient (Wildman–Crippen LogP) is 2.55. The van der Waals surface area contributed by atoms with Crippen molar-refractivity contribution in [3.8, 4) is 5.69 Å². The van der Waals surface area contributed by atoms with Gasteiger partial charge < -0.3 is 5.11 Å². The average molecular weight is 268 g/mol. The summed E-state index contributed by atoms with van der Waals surface area (Å²) in [6.45, 7) is 0. The Morgan fingerprint density at radius 2 is 1.90 bits per heavy atom. The van der Waals surface area contributed by atoms with E-state index in [0.717, 1.165) is 49.0 Å². The van der Waals surface area contributed by atoms with Crippen molar-refractivity contribution < 1.29 is 9.90 Å². The summed E-state index contributed by atoms with van der Waals surface area (Å²) in [5.74, 6) is -0.914. The van der Waals surface area contributed by atoms with Crippen molar-refractivity contribution in [1.29, 1.82) is 0 Å². The van der Waals surface area contributed by atoms with Crippen LogP contribution in [0.25, 0.3) is 5.69 Å². The molecule has 0 atom stereocenters. The van der Waals surface area contributed by atoms with Gasteiger partial charge in [0, 0.05) is 11.3 Å². The topological polar surface area (TPSA) is 55.1 Å². The molecule has 20 heavy (non-hydrogen) atoms. The Bertz CT molecular complexity index is 716. The van der Waals surface area contributed by atoms with Gasteiger partial charge in [0.15, 0.2) is 5.69 Å². The molecule has 2 aliphatic rings. The van der Waals surface area contributed by atoms with Crippen LogP contribution in [0.5, 0.6) is 0 Å². The molecule has 0 saturated heterocycles. The fraction of sp³-hybridized carbons (Fsp3) is 0.375. The Balaban J connectivity index is 1.87. The number of aromatic carboxylic acids is 1. The lowest BCUT2D eigenvalue weighted by molar-refractivity contribution is 0.0689. The monoisotopic (exact) mass is 268 g/mol. The van der Waals surface area contributed by atoms with Crippen LogP contribution in [0.15, 0.2) is 18.2 Å². The van der Waals surface area contributed by atoms with Gasteiger partial charge in [-0.05, 0) is 61.8 Å². The highest BCUT2D eigenvalue weighted by atomic mass is 16.4. The van der Waals surface area contributed by atoms with Gasteiger partial charge in [0.1, 0.15) is 0 Å². The highest BCUT2D eigenvalue weighted by molar-refractivity contribution is 5.87. The number of rotatable bonds is 2. The quantitative estimate of drug-likeness (QED) is 0.910. The van der Waals surface area contributed by atoms with E-state index in [1.165, 1.54) is 17.5 Å². The SMILES string of the molecule is O=C(O)c1nn(-c2ccc3c(c2)CCC3)c2c1CCC2. The van der Waals surface area contributed by atoms with E-state index < -0.39 is 5.97 Å². The van der Waals surface area contributed by atoms with E-state index in [1.54, 1.807) is 0 Å². The smallest absolute Gasteiger partial charge is 0.356 e. The Hall–Kier alpha value is -2.10. The average Bonchev–Trinajstić information content (AvgIpc) is 3.12. The van der Waals surface area contributed by atoms with Crippen molar-refractivity contribution in [2.75, 3.05) is 0 Å². The molecule has 1 N–H and O–H groups in total. The second kappa shape index (κ2) is 4.20. The molecule has 4 nitrogen and oxygen atoms in total. The van der Waals surface area contributed by atoms with Crippen molar-refractivity contribution >= 4 is 5.97 Å². The van der Waals surface area contributed by atoms with Gasteiger partial charge in [-0.3, -0.25) is 0 Å². The van der Waals surface area contributed by atoms with Crippen molar-refractivity contribution in [2.45, 2.75) is 38.5 Å². The summed E-state index contributed by atoms with van der Waals surface area (Å²) >= 11 is 0. The number of carbonyl (C=O) groups is 1. The maximum atomic E-state index is 11.3. The molecule has 4 heteroatoms. The van der Waals surface area contributed by atoms with E-state index in [4.69, 9.17) is 0 Å². The Morgan fingerprint density at radius 1 is 1.10 bits per heavy atom. The van der Waals surface area contributed by atoms with Crippen LogP contribution in [0.4, 0.5) is 0 Å². The highest BCUT2D eigenvalue weighted by Crippen LogP contribution is 2.30. The standard InChI is InChI=1S/C16H16N2O2/c19-16(20)15-13-5-2-6-14(13)18(17-15)12-8-7-10-3-1-4-11(10)9-12/h7-9H,1-6H2,(H,19,20). The van der Waals surface area contributed by atoms with Gasteiger partial charge in [-0.2, -0.15) is 5.10 Å². The van der Waals surface area contributed by atoms with Crippen LogP contribution in [-0.4, -0.2) is 20.9 Å². The first-order valence-electron chi connectivity index (χ1n) is 7.20. The maximum absolute atomic E-state index is 11.3. The van der Waals surface area contributed by atoms with Crippen LogP contribution in [0.2, 0.25) is 0 Å². The lowest BCUT2D eigenvalue weighted by Crippen LogP contribution is -2.05. The molecule has 2 aromatic rings. The van der Waals surface area contributed by atoms with E-state index in [1.807, 2.05) is 4.68 Å². The molecule has 2 aliphatic carbocycles. The third kappa shape index (κ3) is 1.60. The minimum Gasteiger partial charge on any atom is -0.476 e. The molecule has 0 radical (unpaired) electrons. The molecule has 1 aromatic carbocycles. The largest absolute Gasteiger partial charge is 0.476 e. The number of benzene rings is 1. The second-order valence-corrected chi connectivity index (χ2v) is 5.65. The molecule has 102 valence electrons. The Kier molecular flexibility index (Phi) is 2.46. The van der Waals surface area contributed by atoms with Crippen LogP contribution >= 0.6 is 0 Å². The normalized spacial score (nSPS) is 16.2. The van der Waals surface area contributed by atoms with E-state index in [2.05, 4.69) is 23.3 Å². The number of hydrogen-bond acceptors (Lipinski definition) is 2. The number of fused-ring (bicyclic) bond motifs is 2. The number of aromatic nitrogens is 2. The van der Waals surface area contributed by atoms with Gasteiger partial charge in [-0.25, -0.2) is 9.48 Å². The number of carboxylic acid groups (broad SMARTS) is 1. The fourth-order valence-corrected chi connectivity index (χ4v) is 3.51. The minimum atomic E-state index is -0.914. The van der Waals surface area contributed by atoms with Gasteiger partial charge in [-0.1, -0.05) is 6.07 Å². The van der Waals surface area contributed by atoms with Gasteiger partial charge in [-0.15, -0.1) is 0 Å². The highest BCUT2D eigenvalue weighted by Gasteiger charge is 2.27. The van der Waals surface area contributed by atoms with E-state index >= 15 is 0 Å². The zero-order valence-electron chi connectivity index (χ0n) is 11.2. The molecular formula is C16H16N2O2. The minimum absolute atomic E-state index is 0.234. The molecular weight excluding hydrogens is 252 g/mol. The molecule has 1 aromatic heterocycles. The first kappa shape index (κ1) is 11.7. The molecule has 0 saturated carbocycles. The maximum Gasteiger partial charge on any atom is 0.356 e. The number of aryl methyl sites for hydroxylation is 2. The lowest BCUT2D eigenvalue weighted by Gasteiger charge is -2.08. The summed E-state index contributed by atoms with van der Waals surface area (Å²) in [6.07, 6.45) is 6.29. The van der Waals surface area contributed by atoms with Crippen LogP contribution in [0.1, 0.15) is 45.7 Å². The van der Waals surface area contributed by atoms with E-state index in [9.17, 15) is 9.90 Å². The fourth-order valence-electron chi connectivity index (χ4n) is 3.51. The number of carboxylic acids is 1. The number of hydrogen-bond donors (Lipinski definition) is 1. The Morgan fingerprint density at radius 3 is 2.75 bits per heavy atom. The summed E-state index contributed by atoms with van der Waals surface area (Å²) < 4.78 is 1.85. The second-order valence-electron chi connectivity index (χ2n) is 5.65. The van der Waals surface area contributed by atoms with E-state index in [-0.39, 0.29) is 5.69 Å². The van der Waals surface area contributed by atoms with Gasteiger partial charge >= 0.3 is 5.97 Å². The predicted molar refractivity (Wildman–Crippen MR) is 74.6 cm³/mol. The first-order chi connectivity index (χ1) is 9.74. The van der Waals surface area contributed by atoms with E-state index in [0.29, 0.717) is 0 Å². The van der Waals surface area contributed by atoms with Crippen molar-refractivity contribution in [2.24, 2.45) is 0 Å². The molecule has 0 bridgehead atoms. The molecule has 0 unspecified atom stereocenters. The third-order valence-corrected chi connectivity index (χ3v) is 4.46. The third-order valence-electron chi connectivity index (χ3n) is 4.46. The lowest BCUT2D eigenvalue weighted by atomic mass is 10.1. The summed E-state index contributed by atoms with van der Waals surface area (Å²) in [5, 5.41) is 13.6. The summed E-state index contributed by atoms with van der Waals surface area (Å²) in [5.41, 5.74) is 6.07. The molecule has 0 spiro atoms. The summed E-state index contributed by atoms with van der Waals surface area (Å²) in [4.78, 5) is 11.3. The summed E-state index contributed by atoms with van der Waals surface area (Å²) in [6, 6.07) is 6.42. The molecule has 0 fully saturated rings. The zero-order chi connectivity index (χ0) is 13.7. The zero-order valence-corrected chi connectivity index (χ0v) is 11.2. The summed E-state index contributed by atoms with van der Waals surface area (Å²) in [7, 11) is 0. The van der Waals surface area contributed by atoms with Crippen LogP contribution in [-0.2, 0) is 25.7 Å². The van der Waals surface area contributed by atoms with Crippen LogP contribution in [0, 0.1) is 0 Å². The van der Waals surface area contributed by atoms with Crippen molar-refractivity contribution in [3.05, 3.63) is 46.3 Å². The molecule has 0 aliphatic heterocycles. The van der Waals surface area contributed by atoms with Gasteiger partial charge in [0.25, 0.3) is 0 Å². The first-order valence-corrected chi connectivity index (χ1v) is 7.20.